The van der Waals surface area contributed by atoms with Gasteiger partial charge in [-0.05, 0) is 43.5 Å². The van der Waals surface area contributed by atoms with Gasteiger partial charge in [-0.2, -0.15) is 0 Å². The van der Waals surface area contributed by atoms with Crippen molar-refractivity contribution in [3.63, 3.8) is 0 Å². The number of sulfonamides is 1. The van der Waals surface area contributed by atoms with Gasteiger partial charge < -0.3 is 0 Å². The molecular weight excluding hydrogens is 346 g/mol. The van der Waals surface area contributed by atoms with Crippen LogP contribution in [0.4, 0.5) is 5.13 Å². The fraction of sp³-hybridized carbons (Fsp3) is 0.250. The summed E-state index contributed by atoms with van der Waals surface area (Å²) >= 11 is 1.40. The Kier molecular flexibility index (Phi) is 4.79. The highest BCUT2D eigenvalue weighted by Gasteiger charge is 2.27. The number of hydrogen-bond acceptors (Lipinski definition) is 5. The average molecular weight is 363 g/mol. The fourth-order valence-electron chi connectivity index (χ4n) is 1.98. The first kappa shape index (κ1) is 16.8. The van der Waals surface area contributed by atoms with Crippen molar-refractivity contribution in [3.8, 4) is 0 Å². The van der Waals surface area contributed by atoms with Crippen molar-refractivity contribution in [1.29, 1.82) is 0 Å². The van der Waals surface area contributed by atoms with Gasteiger partial charge in [-0.15, -0.1) is 11.3 Å². The molecule has 3 rings (SSSR count). The van der Waals surface area contributed by atoms with Crippen LogP contribution in [0.2, 0.25) is 0 Å². The van der Waals surface area contributed by atoms with E-state index in [0.717, 1.165) is 23.3 Å². The molecule has 0 radical (unpaired) electrons. The Morgan fingerprint density at radius 2 is 2.00 bits per heavy atom. The van der Waals surface area contributed by atoms with E-state index in [-0.39, 0.29) is 16.8 Å². The van der Waals surface area contributed by atoms with Crippen LogP contribution in [0.25, 0.3) is 6.08 Å². The highest BCUT2D eigenvalue weighted by Crippen LogP contribution is 2.22. The molecule has 1 saturated carbocycles. The summed E-state index contributed by atoms with van der Waals surface area (Å²) in [7, 11) is -3.44. The lowest BCUT2D eigenvalue weighted by Gasteiger charge is -2.05. The van der Waals surface area contributed by atoms with Crippen LogP contribution in [-0.2, 0) is 14.8 Å². The summed E-state index contributed by atoms with van der Waals surface area (Å²) in [6.07, 6.45) is 6.50. The monoisotopic (exact) mass is 363 g/mol. The zero-order valence-corrected chi connectivity index (χ0v) is 14.7. The maximum Gasteiger partial charge on any atom is 0.250 e. The third kappa shape index (κ3) is 4.50. The van der Waals surface area contributed by atoms with Gasteiger partial charge in [-0.3, -0.25) is 10.1 Å². The number of carbonyl (C=O) groups excluding carboxylic acids is 1. The largest absolute Gasteiger partial charge is 0.298 e. The number of thiazole rings is 1. The first-order valence-corrected chi connectivity index (χ1v) is 9.76. The Morgan fingerprint density at radius 1 is 1.29 bits per heavy atom. The van der Waals surface area contributed by atoms with Gasteiger partial charge in [0.05, 0.1) is 4.90 Å². The molecule has 1 aliphatic rings. The topological polar surface area (TPSA) is 88.2 Å². The first-order chi connectivity index (χ1) is 11.4. The van der Waals surface area contributed by atoms with Crippen LogP contribution in [0.15, 0.2) is 41.4 Å². The van der Waals surface area contributed by atoms with Crippen molar-refractivity contribution in [3.05, 3.63) is 47.0 Å². The van der Waals surface area contributed by atoms with Crippen molar-refractivity contribution >= 4 is 38.5 Å². The Bertz CT molecular complexity index is 866. The number of benzene rings is 1. The van der Waals surface area contributed by atoms with E-state index in [1.807, 2.05) is 6.92 Å². The second kappa shape index (κ2) is 6.84. The van der Waals surface area contributed by atoms with Crippen LogP contribution < -0.4 is 10.0 Å². The first-order valence-electron chi connectivity index (χ1n) is 7.46. The van der Waals surface area contributed by atoms with Crippen molar-refractivity contribution in [1.82, 2.24) is 9.71 Å². The number of aryl methyl sites for hydroxylation is 1. The standard InChI is InChI=1S/C16H17N3O3S2/c1-11-10-17-16(23-11)18-15(20)9-4-12-2-7-14(8-3-12)24(21,22)19-13-5-6-13/h2-4,7-10,13,19H,5-6H2,1H3,(H,17,18,20)/b9-4+. The van der Waals surface area contributed by atoms with Crippen LogP contribution in [0.1, 0.15) is 23.3 Å². The van der Waals surface area contributed by atoms with E-state index in [0.29, 0.717) is 5.13 Å². The van der Waals surface area contributed by atoms with Crippen molar-refractivity contribution < 1.29 is 13.2 Å². The molecule has 1 aromatic carbocycles. The number of anilines is 1. The number of nitrogens with one attached hydrogen (secondary N) is 2. The van der Waals surface area contributed by atoms with E-state index >= 15 is 0 Å². The van der Waals surface area contributed by atoms with E-state index in [4.69, 9.17) is 0 Å². The van der Waals surface area contributed by atoms with E-state index in [2.05, 4.69) is 15.0 Å². The highest BCUT2D eigenvalue weighted by atomic mass is 32.2. The van der Waals surface area contributed by atoms with E-state index in [9.17, 15) is 13.2 Å². The maximum atomic E-state index is 12.1. The molecule has 24 heavy (non-hydrogen) atoms. The number of hydrogen-bond donors (Lipinski definition) is 2. The summed E-state index contributed by atoms with van der Waals surface area (Å²) < 4.78 is 26.8. The molecule has 0 saturated heterocycles. The van der Waals surface area contributed by atoms with Crippen molar-refractivity contribution in [2.45, 2.75) is 30.7 Å². The molecule has 0 bridgehead atoms. The normalized spacial score (nSPS) is 14.9. The summed E-state index contributed by atoms with van der Waals surface area (Å²) in [5.74, 6) is -0.281. The number of carbonyl (C=O) groups is 1. The lowest BCUT2D eigenvalue weighted by Crippen LogP contribution is -2.25. The van der Waals surface area contributed by atoms with Gasteiger partial charge in [0, 0.05) is 23.2 Å². The zero-order valence-electron chi connectivity index (χ0n) is 13.0. The predicted octanol–water partition coefficient (Wildman–Crippen LogP) is 2.54. The molecule has 2 aromatic rings. The lowest BCUT2D eigenvalue weighted by molar-refractivity contribution is -0.111. The van der Waals surface area contributed by atoms with E-state index in [1.165, 1.54) is 29.5 Å². The maximum absolute atomic E-state index is 12.1. The highest BCUT2D eigenvalue weighted by molar-refractivity contribution is 7.89. The van der Waals surface area contributed by atoms with Gasteiger partial charge in [0.1, 0.15) is 0 Å². The Labute approximate surface area is 144 Å². The van der Waals surface area contributed by atoms with Gasteiger partial charge >= 0.3 is 0 Å². The molecule has 0 spiro atoms. The van der Waals surface area contributed by atoms with Crippen LogP contribution >= 0.6 is 11.3 Å². The van der Waals surface area contributed by atoms with Gasteiger partial charge in [-0.25, -0.2) is 18.1 Å². The van der Waals surface area contributed by atoms with Crippen LogP contribution in [0.3, 0.4) is 0 Å². The molecule has 1 aliphatic carbocycles. The number of nitrogens with zero attached hydrogens (tertiary/aromatic N) is 1. The van der Waals surface area contributed by atoms with Gasteiger partial charge in [0.25, 0.3) is 0 Å². The molecule has 1 amide bonds. The van der Waals surface area contributed by atoms with Gasteiger partial charge in [0.2, 0.25) is 15.9 Å². The lowest BCUT2D eigenvalue weighted by atomic mass is 10.2. The minimum absolute atomic E-state index is 0.0766. The molecule has 2 N–H and O–H groups in total. The zero-order chi connectivity index (χ0) is 17.2. The molecular formula is C16H17N3O3S2. The van der Waals surface area contributed by atoms with E-state index in [1.54, 1.807) is 24.4 Å². The number of rotatable bonds is 6. The van der Waals surface area contributed by atoms with Gasteiger partial charge in [-0.1, -0.05) is 12.1 Å². The average Bonchev–Trinajstić information content (AvgIpc) is 3.25. The summed E-state index contributed by atoms with van der Waals surface area (Å²) in [6.45, 7) is 1.91. The second-order valence-electron chi connectivity index (χ2n) is 5.56. The summed E-state index contributed by atoms with van der Waals surface area (Å²) in [6, 6.07) is 6.48. The number of aromatic nitrogens is 1. The number of amides is 1. The molecule has 6 nitrogen and oxygen atoms in total. The van der Waals surface area contributed by atoms with Crippen molar-refractivity contribution in [2.75, 3.05) is 5.32 Å². The third-order valence-corrected chi connectivity index (χ3v) is 5.73. The molecule has 126 valence electrons. The van der Waals surface area contributed by atoms with Crippen LogP contribution in [-0.4, -0.2) is 25.4 Å². The fourth-order valence-corrected chi connectivity index (χ4v) is 3.95. The molecule has 1 heterocycles. The Morgan fingerprint density at radius 3 is 2.58 bits per heavy atom. The predicted molar refractivity (Wildman–Crippen MR) is 94.3 cm³/mol. The molecule has 0 aliphatic heterocycles. The van der Waals surface area contributed by atoms with Crippen LogP contribution in [0, 0.1) is 6.92 Å². The summed E-state index contributed by atoms with van der Waals surface area (Å²) in [4.78, 5) is 17.1. The smallest absolute Gasteiger partial charge is 0.250 e. The SMILES string of the molecule is Cc1cnc(NC(=O)/C=C/c2ccc(S(=O)(=O)NC3CC3)cc2)s1. The summed E-state index contributed by atoms with van der Waals surface area (Å²) in [5.41, 5.74) is 0.742. The van der Waals surface area contributed by atoms with Crippen molar-refractivity contribution in [2.24, 2.45) is 0 Å². The molecule has 1 fully saturated rings. The Balaban J connectivity index is 1.61. The quantitative estimate of drug-likeness (QED) is 0.772. The molecule has 0 unspecified atom stereocenters. The van der Waals surface area contributed by atoms with E-state index < -0.39 is 10.0 Å². The third-order valence-electron chi connectivity index (χ3n) is 3.37. The molecule has 8 heteroatoms. The second-order valence-corrected chi connectivity index (χ2v) is 8.51. The Hall–Kier alpha value is -2.03. The van der Waals surface area contributed by atoms with Gasteiger partial charge in [0.15, 0.2) is 5.13 Å². The summed E-state index contributed by atoms with van der Waals surface area (Å²) in [5, 5.41) is 3.22. The minimum Gasteiger partial charge on any atom is -0.298 e. The minimum atomic E-state index is -3.44. The van der Waals surface area contributed by atoms with Crippen LogP contribution in [0.5, 0.6) is 0 Å². The molecule has 0 atom stereocenters. The molecule has 1 aromatic heterocycles.